The zero-order chi connectivity index (χ0) is 8.97. The molecule has 1 aromatic rings. The third kappa shape index (κ3) is 1.78. The molecule has 0 heterocycles. The lowest BCUT2D eigenvalue weighted by molar-refractivity contribution is 0.224. The van der Waals surface area contributed by atoms with E-state index in [9.17, 15) is 13.6 Å². The first kappa shape index (κ1) is 8.64. The van der Waals surface area contributed by atoms with Gasteiger partial charge < -0.3 is 0 Å². The van der Waals surface area contributed by atoms with Gasteiger partial charge in [0.25, 0.3) is 0 Å². The molecule has 64 valence electrons. The Labute approximate surface area is 68.4 Å². The van der Waals surface area contributed by atoms with Gasteiger partial charge in [-0.2, -0.15) is 0 Å². The summed E-state index contributed by atoms with van der Waals surface area (Å²) in [4.78, 5) is 10.6. The average Bonchev–Trinajstić information content (AvgIpc) is 2.07. The van der Waals surface area contributed by atoms with Gasteiger partial charge in [0.15, 0.2) is 6.80 Å². The van der Waals surface area contributed by atoms with Gasteiger partial charge in [0, 0.05) is 5.69 Å². The monoisotopic (exact) mass is 171 g/mol. The van der Waals surface area contributed by atoms with E-state index in [1.807, 2.05) is 0 Å². The first-order valence-corrected chi connectivity index (χ1v) is 3.33. The SMILES string of the molecule is O=C(F)N(CF)c1ccccc1. The number of amides is 1. The van der Waals surface area contributed by atoms with E-state index in [2.05, 4.69) is 0 Å². The number of benzene rings is 1. The predicted molar refractivity (Wildman–Crippen MR) is 41.4 cm³/mol. The van der Waals surface area contributed by atoms with Crippen LogP contribution in [-0.2, 0) is 0 Å². The summed E-state index contributed by atoms with van der Waals surface area (Å²) in [5.41, 5.74) is 0.215. The molecule has 0 N–H and O–H groups in total. The van der Waals surface area contributed by atoms with Gasteiger partial charge >= 0.3 is 6.16 Å². The number of anilines is 1. The maximum atomic E-state index is 12.1. The fourth-order valence-electron chi connectivity index (χ4n) is 0.825. The Bertz CT molecular complexity index is 263. The second kappa shape index (κ2) is 3.80. The lowest BCUT2D eigenvalue weighted by Gasteiger charge is -2.13. The van der Waals surface area contributed by atoms with Crippen molar-refractivity contribution in [3.05, 3.63) is 30.3 Å². The number of carbonyl (C=O) groups is 1. The molecule has 0 aromatic heterocycles. The quantitative estimate of drug-likeness (QED) is 0.494. The molecule has 0 radical (unpaired) electrons. The van der Waals surface area contributed by atoms with Gasteiger partial charge in [-0.05, 0) is 12.1 Å². The van der Waals surface area contributed by atoms with Crippen LogP contribution in [0.2, 0.25) is 0 Å². The molecular formula is C8H7F2NO. The Morgan fingerprint density at radius 2 is 1.92 bits per heavy atom. The summed E-state index contributed by atoms with van der Waals surface area (Å²) in [7, 11) is 0. The Balaban J connectivity index is 2.88. The molecule has 1 aromatic carbocycles. The van der Waals surface area contributed by atoms with E-state index in [0.29, 0.717) is 4.90 Å². The van der Waals surface area contributed by atoms with Crippen LogP contribution in [0.4, 0.5) is 19.3 Å². The lowest BCUT2D eigenvalue weighted by atomic mass is 10.3. The van der Waals surface area contributed by atoms with Gasteiger partial charge in [-0.3, -0.25) is 4.90 Å². The lowest BCUT2D eigenvalue weighted by Crippen LogP contribution is -2.24. The number of hydrogen-bond donors (Lipinski definition) is 0. The van der Waals surface area contributed by atoms with Gasteiger partial charge in [-0.1, -0.05) is 18.2 Å². The molecule has 0 aliphatic rings. The van der Waals surface area contributed by atoms with Crippen LogP contribution in [0, 0.1) is 0 Å². The number of alkyl halides is 1. The molecule has 1 rings (SSSR count). The molecule has 0 unspecified atom stereocenters. The van der Waals surface area contributed by atoms with Crippen molar-refractivity contribution >= 4 is 11.8 Å². The van der Waals surface area contributed by atoms with Crippen molar-refractivity contribution in [3.8, 4) is 0 Å². The maximum absolute atomic E-state index is 12.1. The largest absolute Gasteiger partial charge is 0.406 e. The molecule has 0 aliphatic heterocycles. The van der Waals surface area contributed by atoms with Crippen LogP contribution < -0.4 is 4.90 Å². The highest BCUT2D eigenvalue weighted by atomic mass is 19.1. The van der Waals surface area contributed by atoms with E-state index in [4.69, 9.17) is 0 Å². The summed E-state index contributed by atoms with van der Waals surface area (Å²) in [6.07, 6.45) is -1.79. The Morgan fingerprint density at radius 3 is 2.33 bits per heavy atom. The Morgan fingerprint density at radius 1 is 1.33 bits per heavy atom. The fourth-order valence-corrected chi connectivity index (χ4v) is 0.825. The minimum absolute atomic E-state index is 0.215. The van der Waals surface area contributed by atoms with Gasteiger partial charge in [-0.25, -0.2) is 9.18 Å². The fraction of sp³-hybridized carbons (Fsp3) is 0.125. The Hall–Kier alpha value is -1.45. The minimum atomic E-state index is -1.79. The van der Waals surface area contributed by atoms with Crippen LogP contribution >= 0.6 is 0 Å². The second-order valence-corrected chi connectivity index (χ2v) is 2.14. The molecule has 0 bridgehead atoms. The average molecular weight is 171 g/mol. The van der Waals surface area contributed by atoms with Gasteiger partial charge in [0.05, 0.1) is 0 Å². The topological polar surface area (TPSA) is 20.3 Å². The Kier molecular flexibility index (Phi) is 2.74. The highest BCUT2D eigenvalue weighted by Gasteiger charge is 2.12. The van der Waals surface area contributed by atoms with Crippen LogP contribution in [0.5, 0.6) is 0 Å². The van der Waals surface area contributed by atoms with Gasteiger partial charge in [-0.15, -0.1) is 4.39 Å². The van der Waals surface area contributed by atoms with Gasteiger partial charge in [0.1, 0.15) is 0 Å². The zero-order valence-electron chi connectivity index (χ0n) is 6.21. The van der Waals surface area contributed by atoms with Crippen molar-refractivity contribution in [1.82, 2.24) is 0 Å². The van der Waals surface area contributed by atoms with Crippen molar-refractivity contribution in [1.29, 1.82) is 0 Å². The number of rotatable bonds is 2. The highest BCUT2D eigenvalue weighted by molar-refractivity contribution is 5.86. The summed E-state index contributed by atoms with van der Waals surface area (Å²) in [5, 5.41) is 0. The minimum Gasteiger partial charge on any atom is -0.255 e. The predicted octanol–water partition coefficient (Wildman–Crippen LogP) is 2.51. The molecule has 0 atom stereocenters. The number of hydrogen-bond acceptors (Lipinski definition) is 1. The van der Waals surface area contributed by atoms with Crippen molar-refractivity contribution in [2.45, 2.75) is 0 Å². The van der Waals surface area contributed by atoms with Crippen molar-refractivity contribution in [3.63, 3.8) is 0 Å². The zero-order valence-corrected chi connectivity index (χ0v) is 6.21. The number of halogens is 2. The van der Waals surface area contributed by atoms with E-state index >= 15 is 0 Å². The summed E-state index contributed by atoms with van der Waals surface area (Å²) in [6, 6.07) is 7.80. The summed E-state index contributed by atoms with van der Waals surface area (Å²) in [5.74, 6) is 0. The first-order chi connectivity index (χ1) is 5.75. The second-order valence-electron chi connectivity index (χ2n) is 2.14. The third-order valence-electron chi connectivity index (χ3n) is 1.40. The van der Waals surface area contributed by atoms with Crippen molar-refractivity contribution in [2.24, 2.45) is 0 Å². The normalized spacial score (nSPS) is 9.50. The van der Waals surface area contributed by atoms with Crippen molar-refractivity contribution < 1.29 is 13.6 Å². The van der Waals surface area contributed by atoms with E-state index in [0.717, 1.165) is 0 Å². The molecule has 0 saturated heterocycles. The summed E-state index contributed by atoms with van der Waals surface area (Å²) >= 11 is 0. The van der Waals surface area contributed by atoms with E-state index in [-0.39, 0.29) is 5.69 Å². The smallest absolute Gasteiger partial charge is 0.255 e. The molecule has 12 heavy (non-hydrogen) atoms. The van der Waals surface area contributed by atoms with E-state index in [1.54, 1.807) is 18.2 Å². The molecule has 0 aliphatic carbocycles. The van der Waals surface area contributed by atoms with E-state index in [1.165, 1.54) is 12.1 Å². The molecule has 0 saturated carbocycles. The van der Waals surface area contributed by atoms with Gasteiger partial charge in [0.2, 0.25) is 0 Å². The molecule has 1 amide bonds. The molecule has 0 spiro atoms. The third-order valence-corrected chi connectivity index (χ3v) is 1.40. The van der Waals surface area contributed by atoms with Crippen molar-refractivity contribution in [2.75, 3.05) is 11.7 Å². The van der Waals surface area contributed by atoms with Crippen LogP contribution in [0.3, 0.4) is 0 Å². The molecular weight excluding hydrogens is 164 g/mol. The molecule has 4 heteroatoms. The number of nitrogens with zero attached hydrogens (tertiary/aromatic N) is 1. The molecule has 0 fully saturated rings. The van der Waals surface area contributed by atoms with Crippen LogP contribution in [0.15, 0.2) is 30.3 Å². The van der Waals surface area contributed by atoms with Crippen LogP contribution in [0.25, 0.3) is 0 Å². The van der Waals surface area contributed by atoms with Crippen LogP contribution in [0.1, 0.15) is 0 Å². The standard InChI is InChI=1S/C8H7F2NO/c9-6-11(8(10)12)7-4-2-1-3-5-7/h1-5H,6H2. The number of para-hydroxylation sites is 1. The number of carbonyl (C=O) groups excluding carboxylic acids is 1. The maximum Gasteiger partial charge on any atom is 0.406 e. The van der Waals surface area contributed by atoms with Crippen LogP contribution in [-0.4, -0.2) is 13.0 Å². The summed E-state index contributed by atoms with van der Waals surface area (Å²) < 4.78 is 24.2. The molecule has 2 nitrogen and oxygen atoms in total. The highest BCUT2D eigenvalue weighted by Crippen LogP contribution is 2.13. The van der Waals surface area contributed by atoms with E-state index < -0.39 is 13.0 Å². The first-order valence-electron chi connectivity index (χ1n) is 3.33. The summed E-state index contributed by atoms with van der Waals surface area (Å²) in [6.45, 7) is -1.15.